The summed E-state index contributed by atoms with van der Waals surface area (Å²) in [4.78, 5) is 36.5. The zero-order valence-electron chi connectivity index (χ0n) is 12.0. The Morgan fingerprint density at radius 2 is 2.05 bits per heavy atom. The number of aromatic amines is 1. The highest BCUT2D eigenvalue weighted by Gasteiger charge is 2.36. The Bertz CT molecular complexity index is 637. The molecule has 1 aromatic heterocycles. The highest BCUT2D eigenvalue weighted by atomic mass is 16.4. The fraction of sp³-hybridized carbons (Fsp3) is 0.643. The van der Waals surface area contributed by atoms with Crippen LogP contribution < -0.4 is 11.2 Å². The first-order valence-electron chi connectivity index (χ1n) is 7.12. The molecule has 1 fully saturated rings. The Morgan fingerprint density at radius 1 is 1.43 bits per heavy atom. The van der Waals surface area contributed by atoms with Gasteiger partial charge in [-0.3, -0.25) is 19.1 Å². The SMILES string of the molecule is CCc1cn(CC2(O)CCC(C(=O)O)CC2)c(=O)[nH]c1=O. The van der Waals surface area contributed by atoms with Crippen LogP contribution in [0, 0.1) is 5.92 Å². The van der Waals surface area contributed by atoms with Crippen LogP contribution in [0.15, 0.2) is 15.8 Å². The van der Waals surface area contributed by atoms with Crippen LogP contribution in [-0.4, -0.2) is 31.3 Å². The Labute approximate surface area is 121 Å². The van der Waals surface area contributed by atoms with Crippen molar-refractivity contribution < 1.29 is 15.0 Å². The van der Waals surface area contributed by atoms with E-state index >= 15 is 0 Å². The van der Waals surface area contributed by atoms with Gasteiger partial charge in [-0.15, -0.1) is 0 Å². The quantitative estimate of drug-likeness (QED) is 0.729. The van der Waals surface area contributed by atoms with Gasteiger partial charge < -0.3 is 10.2 Å². The van der Waals surface area contributed by atoms with E-state index < -0.39 is 28.7 Å². The minimum atomic E-state index is -1.10. The molecule has 0 amide bonds. The van der Waals surface area contributed by atoms with Gasteiger partial charge in [-0.1, -0.05) is 6.92 Å². The number of aliphatic carboxylic acids is 1. The van der Waals surface area contributed by atoms with Gasteiger partial charge >= 0.3 is 11.7 Å². The van der Waals surface area contributed by atoms with Crippen LogP contribution in [-0.2, 0) is 17.8 Å². The van der Waals surface area contributed by atoms with Crippen LogP contribution >= 0.6 is 0 Å². The first kappa shape index (κ1) is 15.5. The third-order valence-electron chi connectivity index (χ3n) is 4.20. The molecular weight excluding hydrogens is 276 g/mol. The second-order valence-electron chi connectivity index (χ2n) is 5.73. The third kappa shape index (κ3) is 3.41. The molecule has 0 bridgehead atoms. The van der Waals surface area contributed by atoms with Gasteiger partial charge in [-0.25, -0.2) is 4.79 Å². The van der Waals surface area contributed by atoms with E-state index in [9.17, 15) is 19.5 Å². The minimum absolute atomic E-state index is 0.0714. The van der Waals surface area contributed by atoms with Gasteiger partial charge in [-0.2, -0.15) is 0 Å². The van der Waals surface area contributed by atoms with E-state index in [2.05, 4.69) is 4.98 Å². The van der Waals surface area contributed by atoms with Crippen molar-refractivity contribution in [3.05, 3.63) is 32.6 Å². The average Bonchev–Trinajstić information content (AvgIpc) is 2.42. The second-order valence-corrected chi connectivity index (χ2v) is 5.73. The third-order valence-corrected chi connectivity index (χ3v) is 4.20. The van der Waals surface area contributed by atoms with Crippen LogP contribution in [0.2, 0.25) is 0 Å². The molecule has 1 aliphatic carbocycles. The van der Waals surface area contributed by atoms with Crippen LogP contribution in [0.25, 0.3) is 0 Å². The summed E-state index contributed by atoms with van der Waals surface area (Å²) in [6.45, 7) is 1.88. The monoisotopic (exact) mass is 296 g/mol. The van der Waals surface area contributed by atoms with Crippen LogP contribution in [0.3, 0.4) is 0 Å². The molecule has 21 heavy (non-hydrogen) atoms. The van der Waals surface area contributed by atoms with Crippen molar-refractivity contribution in [3.8, 4) is 0 Å². The zero-order valence-corrected chi connectivity index (χ0v) is 12.0. The average molecular weight is 296 g/mol. The lowest BCUT2D eigenvalue weighted by atomic mass is 9.79. The van der Waals surface area contributed by atoms with Crippen molar-refractivity contribution in [1.82, 2.24) is 9.55 Å². The Kier molecular flexibility index (Phi) is 4.32. The number of hydrogen-bond donors (Lipinski definition) is 3. The Morgan fingerprint density at radius 3 is 2.57 bits per heavy atom. The van der Waals surface area contributed by atoms with E-state index in [4.69, 9.17) is 5.11 Å². The number of rotatable bonds is 4. The molecule has 2 rings (SSSR count). The van der Waals surface area contributed by atoms with Gasteiger partial charge in [0, 0.05) is 11.8 Å². The standard InChI is InChI=1S/C14H20N2O5/c1-2-9-7-16(13(20)15-11(9)17)8-14(21)5-3-10(4-6-14)12(18)19/h7,10,21H,2-6,8H2,1H3,(H,18,19)(H,15,17,20). The number of nitrogens with one attached hydrogen (secondary N) is 1. The Hall–Kier alpha value is -1.89. The summed E-state index contributed by atoms with van der Waals surface area (Å²) in [6.07, 6.45) is 3.42. The molecule has 7 heteroatoms. The lowest BCUT2D eigenvalue weighted by Gasteiger charge is -2.34. The number of hydrogen-bond acceptors (Lipinski definition) is 4. The summed E-state index contributed by atoms with van der Waals surface area (Å²) < 4.78 is 1.31. The molecule has 0 saturated heterocycles. The molecule has 0 aromatic carbocycles. The van der Waals surface area contributed by atoms with Gasteiger partial charge in [0.25, 0.3) is 5.56 Å². The molecule has 1 aromatic rings. The first-order chi connectivity index (χ1) is 9.84. The number of H-pyrrole nitrogens is 1. The number of aromatic nitrogens is 2. The molecule has 1 saturated carbocycles. The van der Waals surface area contributed by atoms with Crippen molar-refractivity contribution in [2.24, 2.45) is 5.92 Å². The number of carboxylic acids is 1. The second kappa shape index (κ2) is 5.85. The number of nitrogens with zero attached hydrogens (tertiary/aromatic N) is 1. The van der Waals surface area contributed by atoms with E-state index in [1.165, 1.54) is 10.8 Å². The van der Waals surface area contributed by atoms with Crippen LogP contribution in [0.4, 0.5) is 0 Å². The van der Waals surface area contributed by atoms with Crippen molar-refractivity contribution in [2.45, 2.75) is 51.2 Å². The van der Waals surface area contributed by atoms with Crippen LogP contribution in [0.5, 0.6) is 0 Å². The maximum Gasteiger partial charge on any atom is 0.328 e. The zero-order chi connectivity index (χ0) is 15.6. The molecule has 0 aliphatic heterocycles. The fourth-order valence-corrected chi connectivity index (χ4v) is 2.80. The normalized spacial score (nSPS) is 25.7. The maximum atomic E-state index is 11.8. The van der Waals surface area contributed by atoms with E-state index in [0.29, 0.717) is 37.7 Å². The molecule has 0 radical (unpaired) electrons. The molecule has 3 N–H and O–H groups in total. The highest BCUT2D eigenvalue weighted by molar-refractivity contribution is 5.70. The summed E-state index contributed by atoms with van der Waals surface area (Å²) in [5.74, 6) is -1.27. The van der Waals surface area contributed by atoms with Crippen molar-refractivity contribution in [3.63, 3.8) is 0 Å². The molecular formula is C14H20N2O5. The van der Waals surface area contributed by atoms with E-state index in [1.807, 2.05) is 6.92 Å². The summed E-state index contributed by atoms with van der Waals surface area (Å²) in [5, 5.41) is 19.5. The first-order valence-corrected chi connectivity index (χ1v) is 7.12. The molecule has 1 heterocycles. The van der Waals surface area contributed by atoms with E-state index in [1.54, 1.807) is 0 Å². The van der Waals surface area contributed by atoms with Crippen molar-refractivity contribution in [2.75, 3.05) is 0 Å². The van der Waals surface area contributed by atoms with Crippen LogP contribution in [0.1, 0.15) is 38.2 Å². The van der Waals surface area contributed by atoms with Gasteiger partial charge in [0.15, 0.2) is 0 Å². The predicted octanol–water partition coefficient (Wildman–Crippen LogP) is 0.105. The number of aliphatic hydroxyl groups is 1. The molecule has 0 spiro atoms. The summed E-state index contributed by atoms with van der Waals surface area (Å²) in [5.41, 5.74) is -1.57. The molecule has 0 unspecified atom stereocenters. The summed E-state index contributed by atoms with van der Waals surface area (Å²) in [6, 6.07) is 0. The molecule has 1 aliphatic rings. The lowest BCUT2D eigenvalue weighted by molar-refractivity contribution is -0.145. The maximum absolute atomic E-state index is 11.8. The van der Waals surface area contributed by atoms with Gasteiger partial charge in [0.1, 0.15) is 0 Å². The topological polar surface area (TPSA) is 112 Å². The summed E-state index contributed by atoms with van der Waals surface area (Å²) in [7, 11) is 0. The minimum Gasteiger partial charge on any atom is -0.481 e. The van der Waals surface area contributed by atoms with E-state index in [-0.39, 0.29) is 6.54 Å². The molecule has 0 atom stereocenters. The van der Waals surface area contributed by atoms with Gasteiger partial charge in [0.2, 0.25) is 0 Å². The molecule has 7 nitrogen and oxygen atoms in total. The summed E-state index contributed by atoms with van der Waals surface area (Å²) >= 11 is 0. The predicted molar refractivity (Wildman–Crippen MR) is 75.2 cm³/mol. The fourth-order valence-electron chi connectivity index (χ4n) is 2.80. The Balaban J connectivity index is 2.17. The van der Waals surface area contributed by atoms with Gasteiger partial charge in [0.05, 0.1) is 18.1 Å². The number of carbonyl (C=O) groups is 1. The number of carboxylic acid groups (broad SMARTS) is 1. The smallest absolute Gasteiger partial charge is 0.328 e. The highest BCUT2D eigenvalue weighted by Crippen LogP contribution is 2.33. The van der Waals surface area contributed by atoms with Gasteiger partial charge in [-0.05, 0) is 32.1 Å². The largest absolute Gasteiger partial charge is 0.481 e. The lowest BCUT2D eigenvalue weighted by Crippen LogP contribution is -2.43. The molecule has 116 valence electrons. The van der Waals surface area contributed by atoms with Crippen molar-refractivity contribution in [1.29, 1.82) is 0 Å². The van der Waals surface area contributed by atoms with E-state index in [0.717, 1.165) is 0 Å². The number of aryl methyl sites for hydroxylation is 1. The van der Waals surface area contributed by atoms with Crippen molar-refractivity contribution >= 4 is 5.97 Å².